The van der Waals surface area contributed by atoms with E-state index in [-0.39, 0.29) is 11.4 Å². The number of nitrogens with zero attached hydrogens (tertiary/aromatic N) is 3. The molecule has 0 bridgehead atoms. The molecule has 0 spiro atoms. The maximum absolute atomic E-state index is 15.0. The molecule has 4 aromatic rings. The highest BCUT2D eigenvalue weighted by Gasteiger charge is 2.25. The second-order valence-electron chi connectivity index (χ2n) is 8.59. The minimum absolute atomic E-state index is 0.0629. The summed E-state index contributed by atoms with van der Waals surface area (Å²) >= 11 is 0. The van der Waals surface area contributed by atoms with Gasteiger partial charge < -0.3 is 14.3 Å². The number of aromatic nitrogens is 3. The molecule has 1 fully saturated rings. The zero-order valence-electron chi connectivity index (χ0n) is 18.4. The van der Waals surface area contributed by atoms with Crippen molar-refractivity contribution in [2.75, 3.05) is 5.32 Å². The highest BCUT2D eigenvalue weighted by Crippen LogP contribution is 2.38. The van der Waals surface area contributed by atoms with Gasteiger partial charge in [0.1, 0.15) is 0 Å². The van der Waals surface area contributed by atoms with Gasteiger partial charge in [0, 0.05) is 23.9 Å². The van der Waals surface area contributed by atoms with Crippen LogP contribution in [-0.2, 0) is 6.54 Å². The fraction of sp³-hybridized carbons (Fsp3) is 0.269. The predicted molar refractivity (Wildman–Crippen MR) is 124 cm³/mol. The Bertz CT molecular complexity index is 1260. The van der Waals surface area contributed by atoms with E-state index in [0.29, 0.717) is 11.5 Å². The average Bonchev–Trinajstić information content (AvgIpc) is 3.58. The number of hydrogen-bond acceptors (Lipinski definition) is 4. The van der Waals surface area contributed by atoms with Crippen LogP contribution >= 0.6 is 0 Å². The van der Waals surface area contributed by atoms with Crippen LogP contribution in [0, 0.1) is 18.7 Å². The molecule has 3 heterocycles. The van der Waals surface area contributed by atoms with Gasteiger partial charge in [-0.2, -0.15) is 0 Å². The molecule has 33 heavy (non-hydrogen) atoms. The quantitative estimate of drug-likeness (QED) is 0.390. The van der Waals surface area contributed by atoms with Gasteiger partial charge in [-0.3, -0.25) is 9.78 Å². The lowest BCUT2D eigenvalue weighted by atomic mass is 10.0. The van der Waals surface area contributed by atoms with Crippen molar-refractivity contribution in [1.29, 1.82) is 0 Å². The lowest BCUT2D eigenvalue weighted by Crippen LogP contribution is -2.15. The Kier molecular flexibility index (Phi) is 5.77. The summed E-state index contributed by atoms with van der Waals surface area (Å²) in [6, 6.07) is 11.2. The van der Waals surface area contributed by atoms with Crippen LogP contribution in [0.25, 0.3) is 22.5 Å². The monoisotopic (exact) mass is 444 g/mol. The molecule has 1 aromatic carbocycles. The van der Waals surface area contributed by atoms with E-state index in [1.807, 2.05) is 37.5 Å². The van der Waals surface area contributed by atoms with Crippen LogP contribution in [0.3, 0.4) is 0 Å². The zero-order valence-corrected chi connectivity index (χ0v) is 18.4. The summed E-state index contributed by atoms with van der Waals surface area (Å²) in [6.45, 7) is 2.82. The van der Waals surface area contributed by atoms with Gasteiger partial charge in [0.05, 0.1) is 35.9 Å². The van der Waals surface area contributed by atoms with Crippen LogP contribution < -0.4 is 5.32 Å². The number of carbonyl (C=O) groups is 1. The molecule has 6 nitrogen and oxygen atoms in total. The molecule has 1 aliphatic carbocycles. The lowest BCUT2D eigenvalue weighted by Gasteiger charge is -2.17. The smallest absolute Gasteiger partial charge is 0.291 e. The van der Waals surface area contributed by atoms with Gasteiger partial charge in [-0.25, -0.2) is 9.37 Å². The minimum atomic E-state index is -0.615. The van der Waals surface area contributed by atoms with E-state index in [9.17, 15) is 4.79 Å². The normalized spacial score (nSPS) is 14.0. The van der Waals surface area contributed by atoms with Crippen molar-refractivity contribution in [1.82, 2.24) is 14.5 Å². The number of furan rings is 1. The zero-order chi connectivity index (χ0) is 22.8. The molecule has 5 rings (SSSR count). The van der Waals surface area contributed by atoms with Gasteiger partial charge in [-0.15, -0.1) is 0 Å². The largest absolute Gasteiger partial charge is 0.459 e. The maximum Gasteiger partial charge on any atom is 0.291 e. The van der Waals surface area contributed by atoms with Crippen LogP contribution in [0.1, 0.15) is 41.8 Å². The Morgan fingerprint density at radius 3 is 2.70 bits per heavy atom. The van der Waals surface area contributed by atoms with Crippen LogP contribution in [0.2, 0.25) is 0 Å². The van der Waals surface area contributed by atoms with E-state index in [2.05, 4.69) is 14.9 Å². The molecule has 1 N–H and O–H groups in total. The first-order valence-electron chi connectivity index (χ1n) is 11.2. The van der Waals surface area contributed by atoms with Gasteiger partial charge in [0.15, 0.2) is 11.6 Å². The van der Waals surface area contributed by atoms with E-state index in [1.54, 1.807) is 12.3 Å². The number of hydrogen-bond donors (Lipinski definition) is 1. The molecule has 0 unspecified atom stereocenters. The van der Waals surface area contributed by atoms with Crippen molar-refractivity contribution in [3.63, 3.8) is 0 Å². The molecule has 1 amide bonds. The summed E-state index contributed by atoms with van der Waals surface area (Å²) in [6.07, 6.45) is 10.7. The first kappa shape index (κ1) is 21.1. The topological polar surface area (TPSA) is 73.0 Å². The third-order valence-corrected chi connectivity index (χ3v) is 6.23. The standard InChI is InChI=1S/C26H25FN4O2/c1-17-8-10-19(11-9-17)23-25(31(16-29-23)15-18-5-2-3-6-18)20-13-28-14-21(27)24(20)30-26(32)22-7-4-12-33-22/h4,7-14,16,18H,2-3,5-6,15H2,1H3,(H,28,30,32). The second kappa shape index (κ2) is 9.02. The Morgan fingerprint density at radius 2 is 1.97 bits per heavy atom. The van der Waals surface area contributed by atoms with Gasteiger partial charge in [-0.05, 0) is 37.8 Å². The number of carbonyl (C=O) groups excluding carboxylic acids is 1. The van der Waals surface area contributed by atoms with E-state index in [1.165, 1.54) is 38.0 Å². The molecule has 1 saturated carbocycles. The number of amides is 1. The van der Waals surface area contributed by atoms with Crippen LogP contribution in [0.4, 0.5) is 10.1 Å². The summed E-state index contributed by atoms with van der Waals surface area (Å²) in [5.74, 6) is -0.483. The molecular weight excluding hydrogens is 419 g/mol. The number of rotatable bonds is 6. The molecule has 0 saturated heterocycles. The third kappa shape index (κ3) is 4.31. The van der Waals surface area contributed by atoms with Gasteiger partial charge in [0.2, 0.25) is 0 Å². The highest BCUT2D eigenvalue weighted by atomic mass is 19.1. The van der Waals surface area contributed by atoms with Crippen molar-refractivity contribution < 1.29 is 13.6 Å². The summed E-state index contributed by atoms with van der Waals surface area (Å²) < 4.78 is 22.3. The average molecular weight is 445 g/mol. The molecule has 1 aliphatic rings. The molecule has 0 atom stereocenters. The van der Waals surface area contributed by atoms with Crippen LogP contribution in [0.5, 0.6) is 0 Å². The SMILES string of the molecule is Cc1ccc(-c2ncn(CC3CCCC3)c2-c2cncc(F)c2NC(=O)c2ccco2)cc1. The fourth-order valence-electron chi connectivity index (χ4n) is 4.52. The molecule has 168 valence electrons. The van der Waals surface area contributed by atoms with Crippen LogP contribution in [0.15, 0.2) is 65.8 Å². The van der Waals surface area contributed by atoms with Crippen LogP contribution in [-0.4, -0.2) is 20.4 Å². The second-order valence-corrected chi connectivity index (χ2v) is 8.59. The van der Waals surface area contributed by atoms with Crippen molar-refractivity contribution in [2.45, 2.75) is 39.2 Å². The molecule has 0 radical (unpaired) electrons. The van der Waals surface area contributed by atoms with Crippen molar-refractivity contribution >= 4 is 11.6 Å². The molecule has 0 aliphatic heterocycles. The Hall–Kier alpha value is -3.74. The summed E-state index contributed by atoms with van der Waals surface area (Å²) in [5.41, 5.74) is 4.09. The number of halogens is 1. The minimum Gasteiger partial charge on any atom is -0.459 e. The van der Waals surface area contributed by atoms with Crippen molar-refractivity contribution in [3.8, 4) is 22.5 Å². The van der Waals surface area contributed by atoms with Gasteiger partial charge >= 0.3 is 0 Å². The summed E-state index contributed by atoms with van der Waals surface area (Å²) in [7, 11) is 0. The van der Waals surface area contributed by atoms with Gasteiger partial charge in [-0.1, -0.05) is 42.7 Å². The van der Waals surface area contributed by atoms with E-state index in [4.69, 9.17) is 9.40 Å². The fourth-order valence-corrected chi connectivity index (χ4v) is 4.52. The van der Waals surface area contributed by atoms with E-state index in [0.717, 1.165) is 35.3 Å². The Morgan fingerprint density at radius 1 is 1.18 bits per heavy atom. The lowest BCUT2D eigenvalue weighted by molar-refractivity contribution is 0.0996. The molecule has 3 aromatic heterocycles. The number of anilines is 1. The van der Waals surface area contributed by atoms with E-state index < -0.39 is 11.7 Å². The Labute approximate surface area is 191 Å². The highest BCUT2D eigenvalue weighted by molar-refractivity contribution is 6.05. The maximum atomic E-state index is 15.0. The number of aryl methyl sites for hydroxylation is 1. The first-order chi connectivity index (χ1) is 16.1. The third-order valence-electron chi connectivity index (χ3n) is 6.23. The summed E-state index contributed by atoms with van der Waals surface area (Å²) in [5, 5.41) is 2.69. The Balaban J connectivity index is 1.62. The van der Waals surface area contributed by atoms with Gasteiger partial charge in [0.25, 0.3) is 5.91 Å². The number of nitrogens with one attached hydrogen (secondary N) is 1. The number of imidazole rings is 1. The van der Waals surface area contributed by atoms with E-state index >= 15 is 4.39 Å². The van der Waals surface area contributed by atoms with Crippen molar-refractivity contribution in [3.05, 3.63) is 78.5 Å². The summed E-state index contributed by atoms with van der Waals surface area (Å²) in [4.78, 5) is 21.5. The first-order valence-corrected chi connectivity index (χ1v) is 11.2. The number of benzene rings is 1. The molecule has 7 heteroatoms. The predicted octanol–water partition coefficient (Wildman–Crippen LogP) is 6.10. The van der Waals surface area contributed by atoms with Crippen molar-refractivity contribution in [2.24, 2.45) is 5.92 Å². The molecular formula is C26H25FN4O2. The number of pyridine rings is 1.